The van der Waals surface area contributed by atoms with Crippen LogP contribution in [-0.2, 0) is 44.3 Å². The zero-order valence-corrected chi connectivity index (χ0v) is 16.9. The molecule has 2 rings (SSSR count). The average molecular weight is 455 g/mol. The smallest absolute Gasteiger partial charge is 0.480 e. The number of carbonyl (C=O) groups is 3. The first kappa shape index (κ1) is 24.3. The summed E-state index contributed by atoms with van der Waals surface area (Å²) in [5.41, 5.74) is 7.16. The fourth-order valence-electron chi connectivity index (χ4n) is 2.60. The molecule has 2 aromatic rings. The van der Waals surface area contributed by atoms with Crippen molar-refractivity contribution < 1.29 is 36.6 Å². The minimum atomic E-state index is -1.19. The van der Waals surface area contributed by atoms with E-state index in [4.69, 9.17) is 5.73 Å². The van der Waals surface area contributed by atoms with Gasteiger partial charge in [-0.05, 0) is 5.92 Å². The van der Waals surface area contributed by atoms with E-state index in [2.05, 4.69) is 30.6 Å². The minimum absolute atomic E-state index is 0. The van der Waals surface area contributed by atoms with E-state index in [1.165, 1.54) is 18.9 Å². The Morgan fingerprint density at radius 3 is 2.03 bits per heavy atom. The van der Waals surface area contributed by atoms with Crippen molar-refractivity contribution in [2.75, 3.05) is 0 Å². The fraction of sp³-hybridized carbons (Fsp3) is 0.471. The predicted octanol–water partition coefficient (Wildman–Crippen LogP) is -1.05. The molecule has 29 heavy (non-hydrogen) atoms. The van der Waals surface area contributed by atoms with Crippen molar-refractivity contribution in [2.24, 2.45) is 11.7 Å². The molecular weight excluding hydrogens is 430 g/mol. The molecule has 0 aromatic carbocycles. The van der Waals surface area contributed by atoms with Gasteiger partial charge in [-0.15, -0.1) is 0 Å². The Bertz CT molecular complexity index is 780. The van der Waals surface area contributed by atoms with Crippen molar-refractivity contribution in [2.45, 2.75) is 44.8 Å². The molecule has 0 saturated carbocycles. The second-order valence-corrected chi connectivity index (χ2v) is 6.80. The number of carboxylic acid groups (broad SMARTS) is 1. The van der Waals surface area contributed by atoms with Crippen LogP contribution in [0.1, 0.15) is 25.2 Å². The average Bonchev–Trinajstić information content (AvgIpc) is 3.32. The number of carbonyl (C=O) groups excluding carboxylic acids is 2. The van der Waals surface area contributed by atoms with Gasteiger partial charge in [0.2, 0.25) is 11.8 Å². The number of carboxylic acids is 1. The summed E-state index contributed by atoms with van der Waals surface area (Å²) in [5.74, 6) is -2.56. The summed E-state index contributed by atoms with van der Waals surface area (Å²) < 4.78 is 0. The molecule has 11 nitrogen and oxygen atoms in total. The molecule has 0 aliphatic heterocycles. The molecule has 7 N–H and O–H groups in total. The molecule has 2 heterocycles. The van der Waals surface area contributed by atoms with E-state index < -0.39 is 35.9 Å². The summed E-state index contributed by atoms with van der Waals surface area (Å²) in [6, 6.07) is -2.97. The summed E-state index contributed by atoms with van der Waals surface area (Å²) in [6.07, 6.45) is 6.23. The largest absolute Gasteiger partial charge is 2.00 e. The number of H-pyrrole nitrogens is 2. The SMILES string of the molecule is CC(C)[C@H](NC(=O)[C@@H](N)Cc1cnc[nH]1)C(=O)N[C@@H](Cc1cnc[nH]1)C(=O)O.[Cu+2]. The van der Waals surface area contributed by atoms with E-state index in [1.807, 2.05) is 0 Å². The minimum Gasteiger partial charge on any atom is -0.480 e. The third-order valence-corrected chi connectivity index (χ3v) is 4.17. The number of nitrogens with one attached hydrogen (secondary N) is 4. The third-order valence-electron chi connectivity index (χ3n) is 4.17. The molecule has 1 radical (unpaired) electrons. The second-order valence-electron chi connectivity index (χ2n) is 6.80. The molecule has 0 spiro atoms. The summed E-state index contributed by atoms with van der Waals surface area (Å²) in [5, 5.41) is 14.5. The number of nitrogens with two attached hydrogens (primary N) is 1. The van der Waals surface area contributed by atoms with Crippen LogP contribution in [0, 0.1) is 5.92 Å². The molecule has 0 aliphatic carbocycles. The van der Waals surface area contributed by atoms with Crippen molar-refractivity contribution in [3.8, 4) is 0 Å². The number of rotatable bonds is 10. The number of aliphatic carboxylic acids is 1. The van der Waals surface area contributed by atoms with Crippen molar-refractivity contribution in [3.05, 3.63) is 36.4 Å². The molecule has 12 heteroatoms. The molecule has 0 bridgehead atoms. The van der Waals surface area contributed by atoms with Crippen molar-refractivity contribution in [3.63, 3.8) is 0 Å². The van der Waals surface area contributed by atoms with Crippen molar-refractivity contribution in [1.82, 2.24) is 30.6 Å². The molecule has 0 saturated heterocycles. The molecule has 2 aromatic heterocycles. The zero-order valence-electron chi connectivity index (χ0n) is 16.0. The maximum atomic E-state index is 12.6. The molecule has 0 fully saturated rings. The number of nitrogens with zero attached hydrogens (tertiary/aromatic N) is 2. The molecule has 0 unspecified atom stereocenters. The van der Waals surface area contributed by atoms with Crippen molar-refractivity contribution in [1.29, 1.82) is 0 Å². The van der Waals surface area contributed by atoms with Gasteiger partial charge in [0.1, 0.15) is 12.1 Å². The number of hydrogen-bond donors (Lipinski definition) is 6. The zero-order chi connectivity index (χ0) is 20.7. The van der Waals surface area contributed by atoms with Crippen LogP contribution in [0.2, 0.25) is 0 Å². The topological polar surface area (TPSA) is 179 Å². The Morgan fingerprint density at radius 1 is 1.03 bits per heavy atom. The number of aromatic nitrogens is 4. The number of imidazole rings is 2. The first-order valence-electron chi connectivity index (χ1n) is 8.81. The second kappa shape index (κ2) is 11.3. The van der Waals surface area contributed by atoms with E-state index in [1.54, 1.807) is 20.0 Å². The Hall–Kier alpha value is -2.69. The van der Waals surface area contributed by atoms with Crippen LogP contribution in [0.4, 0.5) is 0 Å². The molecule has 0 aliphatic rings. The van der Waals surface area contributed by atoms with Gasteiger partial charge in [0, 0.05) is 36.6 Å². The van der Waals surface area contributed by atoms with Crippen LogP contribution < -0.4 is 16.4 Å². The third kappa shape index (κ3) is 7.33. The number of aromatic amines is 2. The van der Waals surface area contributed by atoms with Gasteiger partial charge in [-0.3, -0.25) is 9.59 Å². The molecular formula is C17H25CuN7O4+2. The van der Waals surface area contributed by atoms with Crippen LogP contribution in [-0.4, -0.2) is 61.0 Å². The predicted molar refractivity (Wildman–Crippen MR) is 98.9 cm³/mol. The maximum Gasteiger partial charge on any atom is 2.00 e. The van der Waals surface area contributed by atoms with Gasteiger partial charge in [-0.1, -0.05) is 13.8 Å². The van der Waals surface area contributed by atoms with E-state index in [0.717, 1.165) is 0 Å². The van der Waals surface area contributed by atoms with Crippen LogP contribution in [0.3, 0.4) is 0 Å². The van der Waals surface area contributed by atoms with Crippen LogP contribution >= 0.6 is 0 Å². The van der Waals surface area contributed by atoms with Crippen LogP contribution in [0.15, 0.2) is 25.0 Å². The van der Waals surface area contributed by atoms with E-state index in [9.17, 15) is 19.5 Å². The summed E-state index contributed by atoms with van der Waals surface area (Å²) in [6.45, 7) is 3.49. The number of amides is 2. The first-order chi connectivity index (χ1) is 13.3. The summed E-state index contributed by atoms with van der Waals surface area (Å²) >= 11 is 0. The van der Waals surface area contributed by atoms with Gasteiger partial charge in [0.25, 0.3) is 0 Å². The quantitative estimate of drug-likeness (QED) is 0.248. The van der Waals surface area contributed by atoms with Crippen LogP contribution in [0.25, 0.3) is 0 Å². The Labute approximate surface area is 178 Å². The van der Waals surface area contributed by atoms with E-state index in [0.29, 0.717) is 11.4 Å². The summed E-state index contributed by atoms with van der Waals surface area (Å²) in [7, 11) is 0. The van der Waals surface area contributed by atoms with Crippen LogP contribution in [0.5, 0.6) is 0 Å². The molecule has 161 valence electrons. The normalized spacial score (nSPS) is 13.8. The van der Waals surface area contributed by atoms with E-state index in [-0.39, 0.29) is 35.8 Å². The monoisotopic (exact) mass is 454 g/mol. The Morgan fingerprint density at radius 2 is 1.59 bits per heavy atom. The van der Waals surface area contributed by atoms with Gasteiger partial charge in [-0.25, -0.2) is 14.8 Å². The first-order valence-corrected chi connectivity index (χ1v) is 8.81. The maximum absolute atomic E-state index is 12.6. The van der Waals surface area contributed by atoms with Gasteiger partial charge >= 0.3 is 23.0 Å². The Balaban J connectivity index is 0.00000420. The van der Waals surface area contributed by atoms with Crippen molar-refractivity contribution >= 4 is 17.8 Å². The Kier molecular flexibility index (Phi) is 9.52. The van der Waals surface area contributed by atoms with Gasteiger partial charge in [0.15, 0.2) is 0 Å². The number of hydrogen-bond acceptors (Lipinski definition) is 6. The van der Waals surface area contributed by atoms with Gasteiger partial charge in [-0.2, -0.15) is 0 Å². The molecule has 3 atom stereocenters. The fourth-order valence-corrected chi connectivity index (χ4v) is 2.60. The van der Waals surface area contributed by atoms with E-state index >= 15 is 0 Å². The standard InChI is InChI=1S/C17H25N7O4.Cu/c1-9(2)14(24-15(25)12(18)3-10-5-19-7-21-10)16(26)23-13(17(27)28)4-11-6-20-8-22-11;/h5-9,12-14H,3-4,18H2,1-2H3,(H,19,21)(H,20,22)(H,23,26)(H,24,25)(H,27,28);/q;+2/t12-,13-,14-;/m0./s1. The van der Waals surface area contributed by atoms with Gasteiger partial charge in [0.05, 0.1) is 18.7 Å². The molecule has 2 amide bonds. The summed E-state index contributed by atoms with van der Waals surface area (Å²) in [4.78, 5) is 49.9. The van der Waals surface area contributed by atoms with Gasteiger partial charge < -0.3 is 31.4 Å².